The first-order valence-electron chi connectivity index (χ1n) is 5.37. The van der Waals surface area contributed by atoms with Crippen LogP contribution in [0.25, 0.3) is 0 Å². The molecule has 1 heterocycles. The monoisotopic (exact) mass is 226 g/mol. The summed E-state index contributed by atoms with van der Waals surface area (Å²) in [6, 6.07) is 0. The minimum absolute atomic E-state index is 0.0615. The summed E-state index contributed by atoms with van der Waals surface area (Å²) >= 11 is 0. The van der Waals surface area contributed by atoms with Gasteiger partial charge in [0.25, 0.3) is 0 Å². The number of ether oxygens (including phenoxy) is 2. The SMILES string of the molecule is CCOC(OCC)c1nc(C(C)=O)cn1C. The van der Waals surface area contributed by atoms with Crippen LogP contribution in [0.4, 0.5) is 0 Å². The van der Waals surface area contributed by atoms with Gasteiger partial charge in [-0.3, -0.25) is 4.79 Å². The lowest BCUT2D eigenvalue weighted by Gasteiger charge is -2.15. The third-order valence-electron chi connectivity index (χ3n) is 2.12. The second-order valence-corrected chi connectivity index (χ2v) is 3.39. The summed E-state index contributed by atoms with van der Waals surface area (Å²) < 4.78 is 12.6. The van der Waals surface area contributed by atoms with Crippen LogP contribution in [-0.2, 0) is 16.5 Å². The molecule has 1 aromatic heterocycles. The Kier molecular flexibility index (Phi) is 4.64. The number of Topliss-reactive ketones (excluding diaryl/α,β-unsaturated/α-hetero) is 1. The van der Waals surface area contributed by atoms with Crippen LogP contribution >= 0.6 is 0 Å². The molecule has 0 aromatic carbocycles. The minimum Gasteiger partial charge on any atom is -0.346 e. The van der Waals surface area contributed by atoms with Crippen molar-refractivity contribution in [2.24, 2.45) is 7.05 Å². The second-order valence-electron chi connectivity index (χ2n) is 3.39. The van der Waals surface area contributed by atoms with Gasteiger partial charge in [0.2, 0.25) is 6.29 Å². The normalized spacial score (nSPS) is 11.1. The molecule has 0 spiro atoms. The molecular weight excluding hydrogens is 208 g/mol. The maximum Gasteiger partial charge on any atom is 0.217 e. The zero-order valence-corrected chi connectivity index (χ0v) is 10.2. The Morgan fingerprint density at radius 3 is 2.38 bits per heavy atom. The molecule has 0 N–H and O–H groups in total. The topological polar surface area (TPSA) is 53.4 Å². The number of aromatic nitrogens is 2. The molecule has 0 amide bonds. The van der Waals surface area contributed by atoms with Crippen LogP contribution < -0.4 is 0 Å². The maximum atomic E-state index is 11.2. The maximum absolute atomic E-state index is 11.2. The van der Waals surface area contributed by atoms with Crippen LogP contribution in [0.2, 0.25) is 0 Å². The molecule has 0 unspecified atom stereocenters. The number of hydrogen-bond acceptors (Lipinski definition) is 4. The summed E-state index contributed by atoms with van der Waals surface area (Å²) in [6.07, 6.45) is 1.18. The first-order valence-corrected chi connectivity index (χ1v) is 5.37. The smallest absolute Gasteiger partial charge is 0.217 e. The molecule has 90 valence electrons. The van der Waals surface area contributed by atoms with Crippen molar-refractivity contribution in [3.05, 3.63) is 17.7 Å². The lowest BCUT2D eigenvalue weighted by molar-refractivity contribution is -0.146. The van der Waals surface area contributed by atoms with E-state index in [9.17, 15) is 4.79 Å². The van der Waals surface area contributed by atoms with Crippen molar-refractivity contribution in [2.45, 2.75) is 27.1 Å². The van der Waals surface area contributed by atoms with E-state index < -0.39 is 6.29 Å². The molecule has 1 rings (SSSR count). The Balaban J connectivity index is 2.94. The van der Waals surface area contributed by atoms with Crippen LogP contribution in [0.3, 0.4) is 0 Å². The first kappa shape index (κ1) is 12.9. The van der Waals surface area contributed by atoms with E-state index in [1.165, 1.54) is 6.92 Å². The van der Waals surface area contributed by atoms with Gasteiger partial charge in [-0.1, -0.05) is 0 Å². The highest BCUT2D eigenvalue weighted by Crippen LogP contribution is 2.18. The lowest BCUT2D eigenvalue weighted by atomic mass is 10.3. The Bertz CT molecular complexity index is 354. The predicted octanol–water partition coefficient (Wildman–Crippen LogP) is 1.69. The fourth-order valence-corrected chi connectivity index (χ4v) is 1.37. The van der Waals surface area contributed by atoms with Gasteiger partial charge in [-0.2, -0.15) is 0 Å². The summed E-state index contributed by atoms with van der Waals surface area (Å²) in [5, 5.41) is 0. The first-order chi connectivity index (χ1) is 7.60. The number of hydrogen-bond donors (Lipinski definition) is 0. The van der Waals surface area contributed by atoms with Crippen LogP contribution in [0.1, 0.15) is 43.4 Å². The zero-order valence-electron chi connectivity index (χ0n) is 10.2. The van der Waals surface area contributed by atoms with Crippen LogP contribution in [-0.4, -0.2) is 28.5 Å². The average Bonchev–Trinajstić information content (AvgIpc) is 2.60. The van der Waals surface area contributed by atoms with Gasteiger partial charge >= 0.3 is 0 Å². The van der Waals surface area contributed by atoms with Gasteiger partial charge in [-0.25, -0.2) is 4.98 Å². The summed E-state index contributed by atoms with van der Waals surface area (Å²) in [7, 11) is 1.82. The lowest BCUT2D eigenvalue weighted by Crippen LogP contribution is -2.13. The Hall–Kier alpha value is -1.20. The van der Waals surface area contributed by atoms with Crippen LogP contribution in [0.5, 0.6) is 0 Å². The van der Waals surface area contributed by atoms with Crippen LogP contribution in [0.15, 0.2) is 6.20 Å². The number of carbonyl (C=O) groups is 1. The molecular formula is C11H18N2O3. The molecule has 0 bridgehead atoms. The molecule has 0 aliphatic carbocycles. The summed E-state index contributed by atoms with van der Waals surface area (Å²) in [5.74, 6) is 0.558. The van der Waals surface area contributed by atoms with Gasteiger partial charge in [0.05, 0.1) is 0 Å². The van der Waals surface area contributed by atoms with E-state index in [1.54, 1.807) is 10.8 Å². The fourth-order valence-electron chi connectivity index (χ4n) is 1.37. The standard InChI is InChI=1S/C11H18N2O3/c1-5-15-11(16-6-2)10-12-9(8(3)14)7-13(10)4/h7,11H,5-6H2,1-4H3. The molecule has 5 nitrogen and oxygen atoms in total. The van der Waals surface area contributed by atoms with E-state index in [0.717, 1.165) is 0 Å². The van der Waals surface area contributed by atoms with E-state index in [0.29, 0.717) is 24.7 Å². The van der Waals surface area contributed by atoms with E-state index in [2.05, 4.69) is 4.98 Å². The molecule has 0 aliphatic rings. The number of rotatable bonds is 6. The van der Waals surface area contributed by atoms with Crippen molar-refractivity contribution < 1.29 is 14.3 Å². The highest BCUT2D eigenvalue weighted by atomic mass is 16.7. The average molecular weight is 226 g/mol. The van der Waals surface area contributed by atoms with Crippen molar-refractivity contribution in [2.75, 3.05) is 13.2 Å². The summed E-state index contributed by atoms with van der Waals surface area (Å²) in [5.41, 5.74) is 0.432. The van der Waals surface area contributed by atoms with E-state index in [4.69, 9.17) is 9.47 Å². The van der Waals surface area contributed by atoms with Crippen molar-refractivity contribution in [3.63, 3.8) is 0 Å². The highest BCUT2D eigenvalue weighted by molar-refractivity contribution is 5.91. The molecule has 0 saturated heterocycles. The molecule has 0 fully saturated rings. The van der Waals surface area contributed by atoms with Gasteiger partial charge < -0.3 is 14.0 Å². The minimum atomic E-state index is -0.506. The van der Waals surface area contributed by atoms with Gasteiger partial charge in [0, 0.05) is 33.4 Å². The van der Waals surface area contributed by atoms with E-state index >= 15 is 0 Å². The van der Waals surface area contributed by atoms with Crippen molar-refractivity contribution in [1.82, 2.24) is 9.55 Å². The third-order valence-corrected chi connectivity index (χ3v) is 2.12. The van der Waals surface area contributed by atoms with Crippen molar-refractivity contribution >= 4 is 5.78 Å². The second kappa shape index (κ2) is 5.77. The zero-order chi connectivity index (χ0) is 12.1. The predicted molar refractivity (Wildman–Crippen MR) is 59.2 cm³/mol. The largest absolute Gasteiger partial charge is 0.346 e. The Labute approximate surface area is 95.4 Å². The molecule has 0 atom stereocenters. The Morgan fingerprint density at radius 1 is 1.44 bits per heavy atom. The number of ketones is 1. The summed E-state index contributed by atoms with van der Waals surface area (Å²) in [6.45, 7) is 6.34. The van der Waals surface area contributed by atoms with Crippen molar-refractivity contribution in [1.29, 1.82) is 0 Å². The van der Waals surface area contributed by atoms with Gasteiger partial charge in [0.15, 0.2) is 11.6 Å². The fraction of sp³-hybridized carbons (Fsp3) is 0.636. The van der Waals surface area contributed by atoms with Crippen LogP contribution in [0, 0.1) is 0 Å². The summed E-state index contributed by atoms with van der Waals surface area (Å²) in [4.78, 5) is 15.4. The molecule has 1 aromatic rings. The highest BCUT2D eigenvalue weighted by Gasteiger charge is 2.19. The third kappa shape index (κ3) is 2.90. The number of nitrogens with zero attached hydrogens (tertiary/aromatic N) is 2. The van der Waals surface area contributed by atoms with Crippen molar-refractivity contribution in [3.8, 4) is 0 Å². The number of carbonyl (C=O) groups excluding carboxylic acids is 1. The van der Waals surface area contributed by atoms with Gasteiger partial charge in [0.1, 0.15) is 5.69 Å². The molecule has 0 aliphatic heterocycles. The van der Waals surface area contributed by atoms with E-state index in [1.807, 2.05) is 20.9 Å². The molecule has 5 heteroatoms. The molecule has 16 heavy (non-hydrogen) atoms. The Morgan fingerprint density at radius 2 is 2.00 bits per heavy atom. The number of imidazole rings is 1. The van der Waals surface area contributed by atoms with Gasteiger partial charge in [-0.05, 0) is 13.8 Å². The number of aryl methyl sites for hydroxylation is 1. The quantitative estimate of drug-likeness (QED) is 0.547. The van der Waals surface area contributed by atoms with Gasteiger partial charge in [-0.15, -0.1) is 0 Å². The van der Waals surface area contributed by atoms with E-state index in [-0.39, 0.29) is 5.78 Å². The molecule has 0 radical (unpaired) electrons. The molecule has 0 saturated carbocycles.